The molecule has 27 heavy (non-hydrogen) atoms. The number of benzene rings is 3. The van der Waals surface area contributed by atoms with Gasteiger partial charge in [0, 0.05) is 32.9 Å². The van der Waals surface area contributed by atoms with Gasteiger partial charge in [0.15, 0.2) is 0 Å². The minimum atomic E-state index is 0.341. The Morgan fingerprint density at radius 2 is 1.56 bits per heavy atom. The summed E-state index contributed by atoms with van der Waals surface area (Å²) in [5, 5.41) is 5.23. The Morgan fingerprint density at radius 3 is 2.22 bits per heavy atom. The lowest BCUT2D eigenvalue weighted by Gasteiger charge is -2.14. The van der Waals surface area contributed by atoms with Gasteiger partial charge < -0.3 is 10.1 Å². The van der Waals surface area contributed by atoms with Gasteiger partial charge in [-0.05, 0) is 79.9 Å². The molecule has 0 spiro atoms. The maximum atomic E-state index is 6.21. The van der Waals surface area contributed by atoms with Crippen LogP contribution in [0.25, 0.3) is 0 Å². The third kappa shape index (κ3) is 5.78. The number of halogens is 5. The molecule has 0 amide bonds. The van der Waals surface area contributed by atoms with Crippen molar-refractivity contribution in [3.8, 4) is 5.75 Å². The lowest BCUT2D eigenvalue weighted by atomic mass is 10.2. The first-order chi connectivity index (χ1) is 12.9. The highest BCUT2D eigenvalue weighted by Gasteiger charge is 2.11. The van der Waals surface area contributed by atoms with Crippen LogP contribution in [0.2, 0.25) is 15.1 Å². The van der Waals surface area contributed by atoms with Crippen LogP contribution in [0.4, 0.5) is 5.69 Å². The zero-order valence-corrected chi connectivity index (χ0v) is 19.3. The molecule has 0 fully saturated rings. The molecule has 3 aromatic carbocycles. The smallest absolute Gasteiger partial charge is 0.148 e. The van der Waals surface area contributed by atoms with Crippen LogP contribution < -0.4 is 10.1 Å². The average molecular weight is 551 g/mol. The van der Waals surface area contributed by atoms with Crippen LogP contribution >= 0.6 is 66.7 Å². The predicted molar refractivity (Wildman–Crippen MR) is 121 cm³/mol. The largest absolute Gasteiger partial charge is 0.486 e. The van der Waals surface area contributed by atoms with E-state index in [9.17, 15) is 0 Å². The van der Waals surface area contributed by atoms with Gasteiger partial charge in [0.1, 0.15) is 12.4 Å². The second kappa shape index (κ2) is 9.53. The minimum absolute atomic E-state index is 0.341. The van der Waals surface area contributed by atoms with Crippen LogP contribution in [-0.2, 0) is 13.2 Å². The fraction of sp³-hybridized carbons (Fsp3) is 0.100. The van der Waals surface area contributed by atoms with E-state index in [0.29, 0.717) is 34.0 Å². The molecule has 0 aromatic heterocycles. The molecule has 0 aliphatic rings. The number of anilines is 1. The first-order valence-electron chi connectivity index (χ1n) is 7.96. The standard InChI is InChI=1S/C20H14Br2Cl3NO/c21-17-6-12(10-26-16-3-1-2-14(23)8-16)7-18(22)20(17)27-11-13-4-5-15(24)9-19(13)25/h1-9,26H,10-11H2. The van der Waals surface area contributed by atoms with Crippen molar-refractivity contribution in [1.82, 2.24) is 0 Å². The molecule has 0 bridgehead atoms. The first-order valence-corrected chi connectivity index (χ1v) is 10.7. The van der Waals surface area contributed by atoms with Crippen molar-refractivity contribution in [2.75, 3.05) is 5.32 Å². The molecule has 7 heteroatoms. The molecule has 0 radical (unpaired) electrons. The zero-order chi connectivity index (χ0) is 19.4. The van der Waals surface area contributed by atoms with E-state index in [1.165, 1.54) is 0 Å². The van der Waals surface area contributed by atoms with Crippen molar-refractivity contribution in [1.29, 1.82) is 0 Å². The van der Waals surface area contributed by atoms with Crippen molar-refractivity contribution >= 4 is 72.4 Å². The van der Waals surface area contributed by atoms with Gasteiger partial charge in [-0.25, -0.2) is 0 Å². The van der Waals surface area contributed by atoms with Gasteiger partial charge >= 0.3 is 0 Å². The Kier molecular flexibility index (Phi) is 7.35. The zero-order valence-electron chi connectivity index (χ0n) is 13.9. The third-order valence-corrected chi connectivity index (χ3v) is 5.77. The van der Waals surface area contributed by atoms with Gasteiger partial charge in [0.05, 0.1) is 8.95 Å². The van der Waals surface area contributed by atoms with Gasteiger partial charge in [0.25, 0.3) is 0 Å². The number of hydrogen-bond acceptors (Lipinski definition) is 2. The Hall–Kier alpha value is -0.910. The monoisotopic (exact) mass is 547 g/mol. The molecule has 3 rings (SSSR count). The number of rotatable bonds is 6. The van der Waals surface area contributed by atoms with Crippen LogP contribution in [0.3, 0.4) is 0 Å². The second-order valence-corrected chi connectivity index (χ2v) is 8.77. The molecule has 0 heterocycles. The lowest BCUT2D eigenvalue weighted by Crippen LogP contribution is -2.02. The van der Waals surface area contributed by atoms with Crippen LogP contribution in [0.1, 0.15) is 11.1 Å². The molecule has 0 saturated heterocycles. The van der Waals surface area contributed by atoms with Gasteiger partial charge in [-0.2, -0.15) is 0 Å². The molecular formula is C20H14Br2Cl3NO. The van der Waals surface area contributed by atoms with E-state index in [1.807, 2.05) is 42.5 Å². The van der Waals surface area contributed by atoms with E-state index in [0.717, 1.165) is 25.8 Å². The summed E-state index contributed by atoms with van der Waals surface area (Å²) < 4.78 is 7.65. The normalized spacial score (nSPS) is 10.7. The van der Waals surface area contributed by atoms with E-state index in [2.05, 4.69) is 37.2 Å². The topological polar surface area (TPSA) is 21.3 Å². The third-order valence-electron chi connectivity index (χ3n) is 3.77. The highest BCUT2D eigenvalue weighted by atomic mass is 79.9. The van der Waals surface area contributed by atoms with Gasteiger partial charge in [-0.3, -0.25) is 0 Å². The van der Waals surface area contributed by atoms with Crippen molar-refractivity contribution in [2.24, 2.45) is 0 Å². The van der Waals surface area contributed by atoms with Crippen molar-refractivity contribution in [3.05, 3.63) is 89.7 Å². The molecule has 0 atom stereocenters. The van der Waals surface area contributed by atoms with Crippen molar-refractivity contribution < 1.29 is 4.74 Å². The summed E-state index contributed by atoms with van der Waals surface area (Å²) in [6, 6.07) is 17.0. The Balaban J connectivity index is 1.69. The summed E-state index contributed by atoms with van der Waals surface area (Å²) in [6.45, 7) is 0.994. The van der Waals surface area contributed by atoms with Gasteiger partial charge in [0.2, 0.25) is 0 Å². The first kappa shape index (κ1) is 20.8. The Labute approximate surface area is 190 Å². The molecule has 2 nitrogen and oxygen atoms in total. The minimum Gasteiger partial charge on any atom is -0.486 e. The fourth-order valence-electron chi connectivity index (χ4n) is 2.44. The SMILES string of the molecule is Clc1cccc(NCc2cc(Br)c(OCc3ccc(Cl)cc3Cl)c(Br)c2)c1. The Bertz CT molecular complexity index is 943. The highest BCUT2D eigenvalue weighted by molar-refractivity contribution is 9.11. The average Bonchev–Trinajstić information content (AvgIpc) is 2.61. The predicted octanol–water partition coefficient (Wildman–Crippen LogP) is 8.36. The summed E-state index contributed by atoms with van der Waals surface area (Å²) in [6.07, 6.45) is 0. The maximum absolute atomic E-state index is 6.21. The van der Waals surface area contributed by atoms with Crippen LogP contribution in [-0.4, -0.2) is 0 Å². The van der Waals surface area contributed by atoms with Crippen LogP contribution in [0, 0.1) is 0 Å². The molecule has 0 aliphatic carbocycles. The second-order valence-electron chi connectivity index (χ2n) is 5.78. The summed E-state index contributed by atoms with van der Waals surface area (Å²) in [7, 11) is 0. The molecule has 3 aromatic rings. The van der Waals surface area contributed by atoms with Crippen molar-refractivity contribution in [2.45, 2.75) is 13.2 Å². The van der Waals surface area contributed by atoms with Crippen molar-refractivity contribution in [3.63, 3.8) is 0 Å². The van der Waals surface area contributed by atoms with Crippen LogP contribution in [0.5, 0.6) is 5.75 Å². The number of hydrogen-bond donors (Lipinski definition) is 1. The molecular weight excluding hydrogens is 536 g/mol. The fourth-order valence-corrected chi connectivity index (χ4v) is 4.61. The quantitative estimate of drug-likeness (QED) is 0.333. The van der Waals surface area contributed by atoms with E-state index >= 15 is 0 Å². The summed E-state index contributed by atoms with van der Waals surface area (Å²) >= 11 is 25.3. The van der Waals surface area contributed by atoms with E-state index in [1.54, 1.807) is 12.1 Å². The highest BCUT2D eigenvalue weighted by Crippen LogP contribution is 2.36. The van der Waals surface area contributed by atoms with Gasteiger partial charge in [-0.1, -0.05) is 46.9 Å². The van der Waals surface area contributed by atoms with Gasteiger partial charge in [-0.15, -0.1) is 0 Å². The summed E-state index contributed by atoms with van der Waals surface area (Å²) in [5.41, 5.74) is 2.92. The summed E-state index contributed by atoms with van der Waals surface area (Å²) in [5.74, 6) is 0.715. The molecule has 0 saturated carbocycles. The number of nitrogens with one attached hydrogen (secondary N) is 1. The van der Waals surface area contributed by atoms with E-state index < -0.39 is 0 Å². The maximum Gasteiger partial charge on any atom is 0.148 e. The Morgan fingerprint density at radius 1 is 0.852 bits per heavy atom. The molecule has 140 valence electrons. The van der Waals surface area contributed by atoms with Crippen LogP contribution in [0.15, 0.2) is 63.5 Å². The number of ether oxygens (including phenoxy) is 1. The van der Waals surface area contributed by atoms with E-state index in [-0.39, 0.29) is 0 Å². The molecule has 0 aliphatic heterocycles. The van der Waals surface area contributed by atoms with E-state index in [4.69, 9.17) is 39.5 Å². The molecule has 1 N–H and O–H groups in total. The summed E-state index contributed by atoms with van der Waals surface area (Å²) in [4.78, 5) is 0. The molecule has 0 unspecified atom stereocenters. The lowest BCUT2D eigenvalue weighted by molar-refractivity contribution is 0.302.